The molecule has 13 heavy (non-hydrogen) atoms. The Bertz CT molecular complexity index is 58.6. The molecule has 0 rings (SSSR count). The summed E-state index contributed by atoms with van der Waals surface area (Å²) in [7, 11) is 17.8. The fourth-order valence-corrected chi connectivity index (χ4v) is 0. The Morgan fingerprint density at radius 2 is 0.538 bits per heavy atom. The standard InChI is InChI=1S/2C4H12N.CH3O.H2O/c2*1-5(2,3)4;1-2;/h2*1-4H3;1H3;1H2/q2*+1;-1;/p-1. The lowest BCUT2D eigenvalue weighted by Crippen LogP contribution is -2.27. The van der Waals surface area contributed by atoms with Crippen LogP contribution in [-0.2, 0) is 0 Å². The van der Waals surface area contributed by atoms with Gasteiger partial charge in [0.1, 0.15) is 0 Å². The Kier molecular flexibility index (Phi) is 17.6. The average Bonchev–Trinajstić information content (AvgIpc) is 1.59. The predicted molar refractivity (Wildman–Crippen MR) is 55.8 cm³/mol. The zero-order valence-electron chi connectivity index (χ0n) is 10.7. The molecule has 0 aromatic carbocycles. The summed E-state index contributed by atoms with van der Waals surface area (Å²) in [4.78, 5) is 0. The van der Waals surface area contributed by atoms with Crippen LogP contribution in [-0.4, -0.2) is 77.9 Å². The monoisotopic (exact) mass is 196 g/mol. The number of quaternary nitrogens is 2. The van der Waals surface area contributed by atoms with Gasteiger partial charge in [-0.15, -0.1) is 0 Å². The lowest BCUT2D eigenvalue weighted by molar-refractivity contribution is -0.849. The first-order valence-corrected chi connectivity index (χ1v) is 3.99. The van der Waals surface area contributed by atoms with Gasteiger partial charge in [-0.2, -0.15) is 7.11 Å². The maximum absolute atomic E-state index is 8.25. The Hall–Kier alpha value is -0.160. The van der Waals surface area contributed by atoms with Crippen molar-refractivity contribution >= 4 is 0 Å². The lowest BCUT2D eigenvalue weighted by atomic mass is 10.8. The number of nitrogens with zero attached hydrogens (tertiary/aromatic N) is 2. The zero-order valence-corrected chi connectivity index (χ0v) is 10.7. The van der Waals surface area contributed by atoms with Crippen molar-refractivity contribution in [2.75, 3.05) is 63.5 Å². The van der Waals surface area contributed by atoms with Gasteiger partial charge in [0.25, 0.3) is 0 Å². The zero-order chi connectivity index (χ0) is 11.0. The quantitative estimate of drug-likeness (QED) is 0.488. The first kappa shape index (κ1) is 23.0. The smallest absolute Gasteiger partial charge is 0.0675 e. The maximum atomic E-state index is 8.25. The van der Waals surface area contributed by atoms with Gasteiger partial charge in [-0.05, 0) is 0 Å². The Morgan fingerprint density at radius 3 is 0.538 bits per heavy atom. The minimum absolute atomic E-state index is 0. The molecule has 86 valence electrons. The fraction of sp³-hybridized carbons (Fsp3) is 1.00. The second kappa shape index (κ2) is 9.92. The van der Waals surface area contributed by atoms with Gasteiger partial charge in [0.05, 0.1) is 56.4 Å². The van der Waals surface area contributed by atoms with Crippen LogP contribution in [0.1, 0.15) is 0 Å². The second-order valence-electron chi connectivity index (χ2n) is 5.37. The van der Waals surface area contributed by atoms with Gasteiger partial charge in [-0.3, -0.25) is 0 Å². The summed E-state index contributed by atoms with van der Waals surface area (Å²) in [6.45, 7) is 0. The minimum atomic E-state index is 0. The first-order valence-electron chi connectivity index (χ1n) is 3.99. The van der Waals surface area contributed by atoms with E-state index in [1.54, 1.807) is 0 Å². The SMILES string of the molecule is C[N+](C)(C)C.C[N+](C)(C)C.C[O-].[OH-]. The first-order chi connectivity index (χ1) is 5.00. The van der Waals surface area contributed by atoms with Gasteiger partial charge in [0, 0.05) is 0 Å². The van der Waals surface area contributed by atoms with E-state index in [1.165, 1.54) is 0 Å². The molecule has 0 amide bonds. The van der Waals surface area contributed by atoms with Gasteiger partial charge in [-0.1, -0.05) is 0 Å². The molecular weight excluding hydrogens is 168 g/mol. The van der Waals surface area contributed by atoms with Gasteiger partial charge >= 0.3 is 0 Å². The Morgan fingerprint density at radius 1 is 0.538 bits per heavy atom. The minimum Gasteiger partial charge on any atom is -0.870 e. The van der Waals surface area contributed by atoms with Crippen molar-refractivity contribution in [1.82, 2.24) is 0 Å². The summed E-state index contributed by atoms with van der Waals surface area (Å²) < 4.78 is 2.00. The molecule has 1 N–H and O–H groups in total. The maximum Gasteiger partial charge on any atom is 0.0675 e. The highest BCUT2D eigenvalue weighted by molar-refractivity contribution is 3.87. The topological polar surface area (TPSA) is 53.1 Å². The summed E-state index contributed by atoms with van der Waals surface area (Å²) >= 11 is 0. The normalized spacial score (nSPS) is 9.69. The largest absolute Gasteiger partial charge is 0.870 e. The highest BCUT2D eigenvalue weighted by Gasteiger charge is 1.88. The molecule has 4 nitrogen and oxygen atoms in total. The summed E-state index contributed by atoms with van der Waals surface area (Å²) in [6, 6.07) is 0. The van der Waals surface area contributed by atoms with E-state index in [4.69, 9.17) is 5.11 Å². The molecule has 0 fully saturated rings. The third-order valence-electron chi connectivity index (χ3n) is 0. The Balaban J connectivity index is -0.0000000491. The van der Waals surface area contributed by atoms with E-state index < -0.39 is 0 Å². The van der Waals surface area contributed by atoms with E-state index in [0.717, 1.165) is 16.1 Å². The molecule has 0 aliphatic rings. The van der Waals surface area contributed by atoms with Crippen molar-refractivity contribution in [2.45, 2.75) is 0 Å². The van der Waals surface area contributed by atoms with E-state index in [1.807, 2.05) is 0 Å². The fourth-order valence-electron chi connectivity index (χ4n) is 0. The van der Waals surface area contributed by atoms with Crippen LogP contribution in [0, 0.1) is 0 Å². The van der Waals surface area contributed by atoms with E-state index in [2.05, 4.69) is 56.4 Å². The van der Waals surface area contributed by atoms with Crippen LogP contribution in [0.3, 0.4) is 0 Å². The highest BCUT2D eigenvalue weighted by atomic mass is 16.2. The summed E-state index contributed by atoms with van der Waals surface area (Å²) in [6.07, 6.45) is 0. The van der Waals surface area contributed by atoms with Crippen LogP contribution in [0.2, 0.25) is 0 Å². The molecule has 0 spiro atoms. The van der Waals surface area contributed by atoms with E-state index >= 15 is 0 Å². The summed E-state index contributed by atoms with van der Waals surface area (Å²) in [5.41, 5.74) is 0. The van der Waals surface area contributed by atoms with Crippen LogP contribution in [0.15, 0.2) is 0 Å². The van der Waals surface area contributed by atoms with Crippen LogP contribution in [0.25, 0.3) is 0 Å². The average molecular weight is 196 g/mol. The molecule has 0 saturated carbocycles. The van der Waals surface area contributed by atoms with E-state index in [-0.39, 0.29) is 5.48 Å². The van der Waals surface area contributed by atoms with Crippen molar-refractivity contribution in [3.8, 4) is 0 Å². The third-order valence-corrected chi connectivity index (χ3v) is 0. The van der Waals surface area contributed by atoms with Crippen LogP contribution in [0.4, 0.5) is 0 Å². The van der Waals surface area contributed by atoms with Crippen molar-refractivity contribution in [3.63, 3.8) is 0 Å². The molecule has 0 aromatic rings. The van der Waals surface area contributed by atoms with Crippen LogP contribution < -0.4 is 5.11 Å². The molecule has 0 atom stereocenters. The molecule has 0 aliphatic heterocycles. The van der Waals surface area contributed by atoms with Crippen molar-refractivity contribution in [1.29, 1.82) is 0 Å². The van der Waals surface area contributed by atoms with E-state index in [0.29, 0.717) is 0 Å². The van der Waals surface area contributed by atoms with Crippen molar-refractivity contribution in [3.05, 3.63) is 0 Å². The van der Waals surface area contributed by atoms with Gasteiger partial charge in [-0.25, -0.2) is 0 Å². The van der Waals surface area contributed by atoms with Gasteiger partial charge in [0.15, 0.2) is 0 Å². The number of rotatable bonds is 0. The number of hydrogen-bond donors (Lipinski definition) is 0. The summed E-state index contributed by atoms with van der Waals surface area (Å²) in [5.74, 6) is 0. The molecular formula is C9H28N2O2. The summed E-state index contributed by atoms with van der Waals surface area (Å²) in [5, 5.41) is 8.25. The highest BCUT2D eigenvalue weighted by Crippen LogP contribution is 1.74. The van der Waals surface area contributed by atoms with Crippen LogP contribution in [0.5, 0.6) is 0 Å². The molecule has 0 radical (unpaired) electrons. The number of hydrogen-bond acceptors (Lipinski definition) is 2. The molecule has 0 unspecified atom stereocenters. The van der Waals surface area contributed by atoms with E-state index in [9.17, 15) is 0 Å². The molecule has 0 aliphatic carbocycles. The molecule has 0 aromatic heterocycles. The van der Waals surface area contributed by atoms with Crippen molar-refractivity contribution < 1.29 is 19.5 Å². The van der Waals surface area contributed by atoms with Crippen molar-refractivity contribution in [2.24, 2.45) is 0 Å². The Labute approximate surface area is 83.9 Å². The van der Waals surface area contributed by atoms with Gasteiger partial charge < -0.3 is 19.5 Å². The second-order valence-corrected chi connectivity index (χ2v) is 5.37. The molecule has 0 saturated heterocycles. The van der Waals surface area contributed by atoms with Gasteiger partial charge in [0.2, 0.25) is 0 Å². The third kappa shape index (κ3) is 44800. The molecule has 0 bridgehead atoms. The lowest BCUT2D eigenvalue weighted by Gasteiger charge is -2.14. The van der Waals surface area contributed by atoms with Crippen LogP contribution >= 0.6 is 0 Å². The molecule has 4 heteroatoms. The predicted octanol–water partition coefficient (Wildman–Crippen LogP) is -0.555. The molecule has 0 heterocycles.